The van der Waals surface area contributed by atoms with Crippen molar-refractivity contribution in [3.63, 3.8) is 0 Å². The lowest BCUT2D eigenvalue weighted by atomic mass is 10.2. The highest BCUT2D eigenvalue weighted by Crippen LogP contribution is 2.28. The van der Waals surface area contributed by atoms with Crippen LogP contribution in [0.25, 0.3) is 16.3 Å². The SMILES string of the molecule is CN(C)[C@H](CNC(=O)c1cn(-c2ccccc2)nc1-c1cccs1)c1cccs1. The molecule has 5 nitrogen and oxygen atoms in total. The number of benzene rings is 1. The van der Waals surface area contributed by atoms with E-state index in [1.807, 2.05) is 74.2 Å². The van der Waals surface area contributed by atoms with E-state index in [1.165, 1.54) is 4.88 Å². The number of carbonyl (C=O) groups is 1. The van der Waals surface area contributed by atoms with Crippen LogP contribution in [-0.2, 0) is 0 Å². The first-order chi connectivity index (χ1) is 14.1. The Morgan fingerprint density at radius 2 is 1.83 bits per heavy atom. The Balaban J connectivity index is 1.61. The van der Waals surface area contributed by atoms with E-state index in [2.05, 4.69) is 21.7 Å². The predicted octanol–water partition coefficient (Wildman–Crippen LogP) is 4.70. The molecule has 4 rings (SSSR count). The van der Waals surface area contributed by atoms with Crippen LogP contribution in [0.5, 0.6) is 0 Å². The molecule has 0 bridgehead atoms. The van der Waals surface area contributed by atoms with E-state index in [0.29, 0.717) is 17.8 Å². The summed E-state index contributed by atoms with van der Waals surface area (Å²) in [5.74, 6) is -0.112. The lowest BCUT2D eigenvalue weighted by Gasteiger charge is -2.23. The van der Waals surface area contributed by atoms with Gasteiger partial charge < -0.3 is 10.2 Å². The third-order valence-corrected chi connectivity index (χ3v) is 6.54. The normalized spacial score (nSPS) is 12.2. The van der Waals surface area contributed by atoms with Gasteiger partial charge in [0.1, 0.15) is 5.69 Å². The van der Waals surface area contributed by atoms with E-state index >= 15 is 0 Å². The average Bonchev–Trinajstić information content (AvgIpc) is 3.49. The van der Waals surface area contributed by atoms with Gasteiger partial charge in [-0.2, -0.15) is 5.10 Å². The Hall–Kier alpha value is -2.74. The molecule has 0 saturated heterocycles. The minimum atomic E-state index is -0.112. The summed E-state index contributed by atoms with van der Waals surface area (Å²) < 4.78 is 1.77. The predicted molar refractivity (Wildman–Crippen MR) is 120 cm³/mol. The largest absolute Gasteiger partial charge is 0.350 e. The summed E-state index contributed by atoms with van der Waals surface area (Å²) in [4.78, 5) is 17.5. The van der Waals surface area contributed by atoms with Crippen molar-refractivity contribution in [1.29, 1.82) is 0 Å². The molecule has 4 aromatic rings. The molecule has 1 aromatic carbocycles. The maximum absolute atomic E-state index is 13.1. The standard InChI is InChI=1S/C22H22N4OS2/c1-25(2)18(19-10-6-12-28-19)14-23-22(27)17-15-26(16-8-4-3-5-9-16)24-21(17)20-11-7-13-29-20/h3-13,15,18H,14H2,1-2H3,(H,23,27)/t18-/m1/s1. The third-order valence-electron chi connectivity index (χ3n) is 4.69. The molecule has 0 unspecified atom stereocenters. The number of amides is 1. The second kappa shape index (κ2) is 8.73. The molecule has 0 spiro atoms. The van der Waals surface area contributed by atoms with Crippen LogP contribution in [0.15, 0.2) is 71.6 Å². The summed E-state index contributed by atoms with van der Waals surface area (Å²) >= 11 is 3.28. The Morgan fingerprint density at radius 3 is 2.48 bits per heavy atom. The summed E-state index contributed by atoms with van der Waals surface area (Å²) in [6.07, 6.45) is 1.82. The van der Waals surface area contributed by atoms with Gasteiger partial charge in [0.2, 0.25) is 0 Å². The molecule has 1 amide bonds. The maximum atomic E-state index is 13.1. The van der Waals surface area contributed by atoms with Crippen LogP contribution < -0.4 is 5.32 Å². The number of rotatable bonds is 7. The highest BCUT2D eigenvalue weighted by molar-refractivity contribution is 7.13. The molecular formula is C22H22N4OS2. The first-order valence-electron chi connectivity index (χ1n) is 9.30. The van der Waals surface area contributed by atoms with Crippen molar-refractivity contribution in [2.24, 2.45) is 0 Å². The smallest absolute Gasteiger partial charge is 0.255 e. The molecule has 7 heteroatoms. The lowest BCUT2D eigenvalue weighted by molar-refractivity contribution is 0.0943. The van der Waals surface area contributed by atoms with Crippen molar-refractivity contribution in [2.75, 3.05) is 20.6 Å². The van der Waals surface area contributed by atoms with E-state index in [1.54, 1.807) is 27.4 Å². The number of likely N-dealkylation sites (N-methyl/N-ethyl adjacent to an activating group) is 1. The molecule has 148 valence electrons. The first-order valence-corrected chi connectivity index (χ1v) is 11.1. The van der Waals surface area contributed by atoms with Gasteiger partial charge in [-0.15, -0.1) is 22.7 Å². The molecule has 0 saturated carbocycles. The molecule has 3 aromatic heterocycles. The van der Waals surface area contributed by atoms with E-state index in [0.717, 1.165) is 10.6 Å². The van der Waals surface area contributed by atoms with Crippen LogP contribution in [-0.4, -0.2) is 41.2 Å². The van der Waals surface area contributed by atoms with Gasteiger partial charge >= 0.3 is 0 Å². The van der Waals surface area contributed by atoms with E-state index in [9.17, 15) is 4.79 Å². The summed E-state index contributed by atoms with van der Waals surface area (Å²) in [5.41, 5.74) is 2.22. The molecule has 1 N–H and O–H groups in total. The molecule has 0 radical (unpaired) electrons. The van der Waals surface area contributed by atoms with E-state index in [4.69, 9.17) is 5.10 Å². The summed E-state index contributed by atoms with van der Waals surface area (Å²) in [5, 5.41) is 11.9. The number of para-hydroxylation sites is 1. The van der Waals surface area contributed by atoms with Crippen LogP contribution in [0, 0.1) is 0 Å². The molecule has 1 atom stereocenters. The molecule has 0 fully saturated rings. The molecule has 0 aliphatic carbocycles. The first kappa shape index (κ1) is 19.6. The van der Waals surface area contributed by atoms with Gasteiger partial charge in [0.05, 0.1) is 22.2 Å². The Morgan fingerprint density at radius 1 is 1.07 bits per heavy atom. The number of hydrogen-bond donors (Lipinski definition) is 1. The molecule has 0 aliphatic heterocycles. The number of nitrogens with one attached hydrogen (secondary N) is 1. The Bertz CT molecular complexity index is 1050. The molecule has 29 heavy (non-hydrogen) atoms. The highest BCUT2D eigenvalue weighted by atomic mass is 32.1. The zero-order valence-electron chi connectivity index (χ0n) is 16.3. The third kappa shape index (κ3) is 4.32. The van der Waals surface area contributed by atoms with Crippen LogP contribution >= 0.6 is 22.7 Å². The van der Waals surface area contributed by atoms with Crippen LogP contribution in [0.3, 0.4) is 0 Å². The molecular weight excluding hydrogens is 400 g/mol. The van der Waals surface area contributed by atoms with Gasteiger partial charge in [-0.05, 0) is 49.1 Å². The van der Waals surface area contributed by atoms with Crippen molar-refractivity contribution in [1.82, 2.24) is 20.0 Å². The quantitative estimate of drug-likeness (QED) is 0.470. The number of nitrogens with zero attached hydrogens (tertiary/aromatic N) is 3. The van der Waals surface area contributed by atoms with Gasteiger partial charge in [-0.25, -0.2) is 4.68 Å². The number of hydrogen-bond acceptors (Lipinski definition) is 5. The fourth-order valence-corrected chi connectivity index (χ4v) is 4.80. The van der Waals surface area contributed by atoms with Crippen molar-refractivity contribution in [2.45, 2.75) is 6.04 Å². The number of carbonyl (C=O) groups excluding carboxylic acids is 1. The van der Waals surface area contributed by atoms with Gasteiger partial charge in [0.25, 0.3) is 5.91 Å². The van der Waals surface area contributed by atoms with Crippen molar-refractivity contribution in [3.8, 4) is 16.3 Å². The topological polar surface area (TPSA) is 50.2 Å². The molecule has 0 aliphatic rings. The van der Waals surface area contributed by atoms with Crippen LogP contribution in [0.1, 0.15) is 21.3 Å². The van der Waals surface area contributed by atoms with Gasteiger partial charge in [0, 0.05) is 17.6 Å². The van der Waals surface area contributed by atoms with Crippen molar-refractivity contribution < 1.29 is 4.79 Å². The average molecular weight is 423 g/mol. The summed E-state index contributed by atoms with van der Waals surface area (Å²) in [7, 11) is 4.06. The minimum absolute atomic E-state index is 0.112. The van der Waals surface area contributed by atoms with Crippen molar-refractivity contribution in [3.05, 3.63) is 82.0 Å². The van der Waals surface area contributed by atoms with E-state index < -0.39 is 0 Å². The fourth-order valence-electron chi connectivity index (χ4n) is 3.15. The van der Waals surface area contributed by atoms with Gasteiger partial charge in [0.15, 0.2) is 0 Å². The fraction of sp³-hybridized carbons (Fsp3) is 0.182. The van der Waals surface area contributed by atoms with Gasteiger partial charge in [-0.1, -0.05) is 30.3 Å². The lowest BCUT2D eigenvalue weighted by Crippen LogP contribution is -2.34. The Labute approximate surface area is 178 Å². The van der Waals surface area contributed by atoms with E-state index in [-0.39, 0.29) is 11.9 Å². The van der Waals surface area contributed by atoms with Gasteiger partial charge in [-0.3, -0.25) is 4.79 Å². The maximum Gasteiger partial charge on any atom is 0.255 e. The summed E-state index contributed by atoms with van der Waals surface area (Å²) in [6.45, 7) is 0.534. The Kier molecular flexibility index (Phi) is 5.89. The zero-order chi connectivity index (χ0) is 20.2. The zero-order valence-corrected chi connectivity index (χ0v) is 17.9. The second-order valence-electron chi connectivity index (χ2n) is 6.85. The second-order valence-corrected chi connectivity index (χ2v) is 8.78. The monoisotopic (exact) mass is 422 g/mol. The number of aromatic nitrogens is 2. The highest BCUT2D eigenvalue weighted by Gasteiger charge is 2.22. The van der Waals surface area contributed by atoms with Crippen molar-refractivity contribution >= 4 is 28.6 Å². The molecule has 3 heterocycles. The summed E-state index contributed by atoms with van der Waals surface area (Å²) in [6, 6.07) is 18.1. The van der Waals surface area contributed by atoms with Crippen LogP contribution in [0.4, 0.5) is 0 Å². The van der Waals surface area contributed by atoms with Crippen LogP contribution in [0.2, 0.25) is 0 Å². The minimum Gasteiger partial charge on any atom is -0.350 e. The number of thiophene rings is 2.